The number of thioether (sulfide) groups is 1. The lowest BCUT2D eigenvalue weighted by molar-refractivity contribution is -0.890. The van der Waals surface area contributed by atoms with Crippen LogP contribution in [0.25, 0.3) is 22.7 Å². The second-order valence-corrected chi connectivity index (χ2v) is 12.9. The summed E-state index contributed by atoms with van der Waals surface area (Å²) in [6.07, 6.45) is 5.80. The average molecular weight is 583 g/mol. The molecule has 2 heterocycles. The summed E-state index contributed by atoms with van der Waals surface area (Å²) in [5.74, 6) is 2.09. The predicted molar refractivity (Wildman–Crippen MR) is 180 cm³/mol. The van der Waals surface area contributed by atoms with E-state index in [1.54, 1.807) is 7.11 Å². The summed E-state index contributed by atoms with van der Waals surface area (Å²) >= 11 is 1.84. The van der Waals surface area contributed by atoms with E-state index in [9.17, 15) is 0 Å². The zero-order valence-corrected chi connectivity index (χ0v) is 27.0. The van der Waals surface area contributed by atoms with E-state index in [0.717, 1.165) is 53.9 Å². The maximum atomic E-state index is 5.76. The van der Waals surface area contributed by atoms with Gasteiger partial charge in [0.2, 0.25) is 0 Å². The third-order valence-corrected chi connectivity index (χ3v) is 9.34. The molecule has 3 aromatic carbocycles. The maximum absolute atomic E-state index is 5.76. The van der Waals surface area contributed by atoms with E-state index in [-0.39, 0.29) is 0 Å². The molecule has 6 heteroatoms. The standard InChI is InChI=1S/C36H46N4OS/c1-7-21-38(22-14-24-40(4,5)23-8-2)35-25-28(26-36-37(3)32-17-12-13-18-34(32)42-36)31-20-19-30(41-6)27-33(31)39(35)29-15-10-9-11-16-29/h9-13,15-20,25-27H,7-8,14,21-24H2,1-6H3/q+2. The highest BCUT2D eigenvalue weighted by Crippen LogP contribution is 2.46. The topological polar surface area (TPSA) is 19.6 Å². The Morgan fingerprint density at radius 1 is 0.905 bits per heavy atom. The van der Waals surface area contributed by atoms with Gasteiger partial charge in [0.05, 0.1) is 58.1 Å². The fourth-order valence-corrected chi connectivity index (χ4v) is 7.17. The van der Waals surface area contributed by atoms with Crippen molar-refractivity contribution in [2.45, 2.75) is 38.0 Å². The molecule has 42 heavy (non-hydrogen) atoms. The quantitative estimate of drug-likeness (QED) is 0.126. The summed E-state index contributed by atoms with van der Waals surface area (Å²) in [4.78, 5) is 6.21. The number of anilines is 2. The Balaban J connectivity index is 1.68. The highest BCUT2D eigenvalue weighted by Gasteiger charge is 2.27. The zero-order chi connectivity index (χ0) is 29.7. The number of pyridine rings is 1. The molecular weight excluding hydrogens is 536 g/mol. The molecule has 0 atom stereocenters. The Morgan fingerprint density at radius 2 is 1.67 bits per heavy atom. The third kappa shape index (κ3) is 6.45. The van der Waals surface area contributed by atoms with Crippen LogP contribution in [0.3, 0.4) is 0 Å². The van der Waals surface area contributed by atoms with Crippen LogP contribution >= 0.6 is 11.8 Å². The molecule has 4 aromatic rings. The van der Waals surface area contributed by atoms with Crippen molar-refractivity contribution in [3.05, 3.63) is 89.5 Å². The molecule has 0 spiro atoms. The van der Waals surface area contributed by atoms with Crippen LogP contribution in [0.15, 0.2) is 88.8 Å². The Bertz CT molecular complexity index is 1550. The number of hydrogen-bond acceptors (Lipinski definition) is 4. The lowest BCUT2D eigenvalue weighted by Gasteiger charge is -2.30. The first-order valence-electron chi connectivity index (χ1n) is 15.3. The molecule has 0 amide bonds. The van der Waals surface area contributed by atoms with Gasteiger partial charge in [-0.25, -0.2) is 0 Å². The van der Waals surface area contributed by atoms with Gasteiger partial charge in [0.25, 0.3) is 5.82 Å². The number of benzene rings is 3. The van der Waals surface area contributed by atoms with Gasteiger partial charge in [-0.2, -0.15) is 4.57 Å². The number of quaternary nitrogens is 1. The first-order chi connectivity index (χ1) is 20.3. The average Bonchev–Trinajstić information content (AvgIpc) is 3.31. The molecule has 0 bridgehead atoms. The SMILES string of the molecule is CCCN(CCC[N+](C)(C)CCC)c1cc(/C=C2\Sc3ccccc3N2C)c2ccc(OC)cc2[n+]1-c1ccccc1. The molecule has 0 saturated heterocycles. The van der Waals surface area contributed by atoms with E-state index in [2.05, 4.69) is 134 Å². The summed E-state index contributed by atoms with van der Waals surface area (Å²) in [5.41, 5.74) is 4.79. The molecule has 220 valence electrons. The second kappa shape index (κ2) is 13.2. The van der Waals surface area contributed by atoms with Crippen molar-refractivity contribution in [1.82, 2.24) is 0 Å². The van der Waals surface area contributed by atoms with Gasteiger partial charge in [0.15, 0.2) is 0 Å². The summed E-state index contributed by atoms with van der Waals surface area (Å²) in [6, 6.07) is 28.3. The first-order valence-corrected chi connectivity index (χ1v) is 16.1. The van der Waals surface area contributed by atoms with E-state index in [4.69, 9.17) is 4.74 Å². The largest absolute Gasteiger partial charge is 0.497 e. The predicted octanol–water partition coefficient (Wildman–Crippen LogP) is 7.76. The lowest BCUT2D eigenvalue weighted by atomic mass is 10.1. The lowest BCUT2D eigenvalue weighted by Crippen LogP contribution is -2.45. The van der Waals surface area contributed by atoms with Crippen molar-refractivity contribution in [3.8, 4) is 11.4 Å². The fourth-order valence-electron chi connectivity index (χ4n) is 6.07. The van der Waals surface area contributed by atoms with Crippen molar-refractivity contribution in [2.24, 2.45) is 0 Å². The number of hydrogen-bond donors (Lipinski definition) is 0. The summed E-state index contributed by atoms with van der Waals surface area (Å²) < 4.78 is 9.26. The van der Waals surface area contributed by atoms with Gasteiger partial charge in [-0.05, 0) is 60.9 Å². The highest BCUT2D eigenvalue weighted by molar-refractivity contribution is 8.03. The van der Waals surface area contributed by atoms with E-state index in [0.29, 0.717) is 0 Å². The van der Waals surface area contributed by atoms with E-state index < -0.39 is 0 Å². The number of nitrogens with zero attached hydrogens (tertiary/aromatic N) is 4. The fraction of sp³-hybridized carbons (Fsp3) is 0.361. The van der Waals surface area contributed by atoms with Gasteiger partial charge in [-0.1, -0.05) is 55.9 Å². The molecule has 5 nitrogen and oxygen atoms in total. The van der Waals surface area contributed by atoms with Crippen LogP contribution in [-0.4, -0.2) is 58.9 Å². The van der Waals surface area contributed by atoms with Crippen LogP contribution in [0, 0.1) is 0 Å². The summed E-state index contributed by atoms with van der Waals surface area (Å²) in [7, 11) is 8.64. The van der Waals surface area contributed by atoms with Crippen LogP contribution < -0.4 is 19.1 Å². The molecule has 1 aromatic heterocycles. The second-order valence-electron chi connectivity index (χ2n) is 11.8. The number of fused-ring (bicyclic) bond motifs is 2. The Kier molecular flexibility index (Phi) is 9.44. The molecule has 5 rings (SSSR count). The first kappa shape index (κ1) is 30.0. The van der Waals surface area contributed by atoms with Gasteiger partial charge in [-0.3, -0.25) is 4.90 Å². The van der Waals surface area contributed by atoms with Crippen LogP contribution in [-0.2, 0) is 0 Å². The molecule has 0 fully saturated rings. The Hall–Kier alpha value is -3.48. The van der Waals surface area contributed by atoms with Gasteiger partial charge in [0, 0.05) is 35.9 Å². The van der Waals surface area contributed by atoms with Gasteiger partial charge < -0.3 is 14.1 Å². The zero-order valence-electron chi connectivity index (χ0n) is 26.1. The van der Waals surface area contributed by atoms with Crippen LogP contribution in [0.2, 0.25) is 0 Å². The molecule has 0 saturated carbocycles. The number of aromatic nitrogens is 1. The minimum atomic E-state index is 0.864. The van der Waals surface area contributed by atoms with Gasteiger partial charge >= 0.3 is 0 Å². The maximum Gasteiger partial charge on any atom is 0.282 e. The van der Waals surface area contributed by atoms with Crippen molar-refractivity contribution in [1.29, 1.82) is 0 Å². The van der Waals surface area contributed by atoms with Gasteiger partial charge in [0.1, 0.15) is 17.0 Å². The summed E-state index contributed by atoms with van der Waals surface area (Å²) in [5, 5.41) is 2.44. The molecular formula is C36H46N4OS+2. The van der Waals surface area contributed by atoms with Crippen molar-refractivity contribution >= 4 is 40.2 Å². The van der Waals surface area contributed by atoms with Crippen molar-refractivity contribution in [3.63, 3.8) is 0 Å². The number of ether oxygens (including phenoxy) is 1. The van der Waals surface area contributed by atoms with E-state index >= 15 is 0 Å². The van der Waals surface area contributed by atoms with Crippen molar-refractivity contribution in [2.75, 3.05) is 64.2 Å². The molecule has 0 N–H and O–H groups in total. The van der Waals surface area contributed by atoms with Crippen LogP contribution in [0.1, 0.15) is 38.7 Å². The minimum absolute atomic E-state index is 0.864. The Morgan fingerprint density at radius 3 is 2.38 bits per heavy atom. The number of para-hydroxylation sites is 2. The molecule has 0 aliphatic carbocycles. The molecule has 0 unspecified atom stereocenters. The van der Waals surface area contributed by atoms with Crippen LogP contribution in [0.5, 0.6) is 5.75 Å². The minimum Gasteiger partial charge on any atom is -0.497 e. The van der Waals surface area contributed by atoms with Gasteiger partial charge in [-0.15, -0.1) is 0 Å². The Labute approximate surface area is 256 Å². The molecule has 1 aliphatic heterocycles. The normalized spacial score (nSPS) is 14.0. The number of methoxy groups -OCH3 is 1. The van der Waals surface area contributed by atoms with E-state index in [1.807, 2.05) is 11.8 Å². The van der Waals surface area contributed by atoms with E-state index in [1.165, 1.54) is 45.3 Å². The number of rotatable bonds is 12. The summed E-state index contributed by atoms with van der Waals surface area (Å²) in [6.45, 7) is 8.95. The third-order valence-electron chi connectivity index (χ3n) is 8.17. The molecule has 1 aliphatic rings. The highest BCUT2D eigenvalue weighted by atomic mass is 32.2. The molecule has 0 radical (unpaired) electrons. The monoisotopic (exact) mass is 582 g/mol. The van der Waals surface area contributed by atoms with Crippen LogP contribution in [0.4, 0.5) is 11.5 Å². The smallest absolute Gasteiger partial charge is 0.282 e. The van der Waals surface area contributed by atoms with Crippen molar-refractivity contribution < 1.29 is 13.8 Å².